The highest BCUT2D eigenvalue weighted by Gasteiger charge is 2.30. The molecule has 0 amide bonds. The molecule has 5 heteroatoms. The fraction of sp³-hybridized carbons (Fsp3) is 0.533. The lowest BCUT2D eigenvalue weighted by Crippen LogP contribution is -2.28. The Morgan fingerprint density at radius 3 is 3.00 bits per heavy atom. The van der Waals surface area contributed by atoms with Gasteiger partial charge in [0, 0.05) is 13.1 Å². The maximum Gasteiger partial charge on any atom is 0.310 e. The molecule has 0 aliphatic carbocycles. The standard InChI is InChI=1S/C15H21NO4/c1-19-13-5-3-4-11(8-13)14(17)10-16-7-6-12(9-16)15(18)20-2/h3-5,8,12,14,17H,6-7,9-10H2,1-2H3. The van der Waals surface area contributed by atoms with Crippen molar-refractivity contribution in [2.45, 2.75) is 12.5 Å². The van der Waals surface area contributed by atoms with E-state index in [9.17, 15) is 9.90 Å². The van der Waals surface area contributed by atoms with E-state index in [1.807, 2.05) is 24.3 Å². The molecular formula is C15H21NO4. The summed E-state index contributed by atoms with van der Waals surface area (Å²) in [6, 6.07) is 7.41. The molecule has 0 bridgehead atoms. The third-order valence-electron chi connectivity index (χ3n) is 3.72. The van der Waals surface area contributed by atoms with Crippen LogP contribution in [0.15, 0.2) is 24.3 Å². The Bertz CT molecular complexity index is 463. The summed E-state index contributed by atoms with van der Waals surface area (Å²) in [5.74, 6) is 0.497. The lowest BCUT2D eigenvalue weighted by atomic mass is 10.1. The number of aliphatic hydroxyl groups is 1. The van der Waals surface area contributed by atoms with Gasteiger partial charge in [0.25, 0.3) is 0 Å². The number of aliphatic hydroxyl groups excluding tert-OH is 1. The van der Waals surface area contributed by atoms with Gasteiger partial charge in [-0.15, -0.1) is 0 Å². The average molecular weight is 279 g/mol. The van der Waals surface area contributed by atoms with Crippen molar-refractivity contribution in [2.24, 2.45) is 5.92 Å². The topological polar surface area (TPSA) is 59.0 Å². The van der Waals surface area contributed by atoms with Gasteiger partial charge in [-0.1, -0.05) is 12.1 Å². The smallest absolute Gasteiger partial charge is 0.310 e. The summed E-state index contributed by atoms with van der Waals surface area (Å²) in [4.78, 5) is 13.6. The molecule has 0 aromatic heterocycles. The molecule has 0 saturated carbocycles. The largest absolute Gasteiger partial charge is 0.497 e. The zero-order valence-electron chi connectivity index (χ0n) is 11.9. The molecular weight excluding hydrogens is 258 g/mol. The molecule has 0 spiro atoms. The number of nitrogens with zero attached hydrogens (tertiary/aromatic N) is 1. The third-order valence-corrected chi connectivity index (χ3v) is 3.72. The summed E-state index contributed by atoms with van der Waals surface area (Å²) in [5, 5.41) is 10.3. The number of hydrogen-bond donors (Lipinski definition) is 1. The predicted molar refractivity (Wildman–Crippen MR) is 74.5 cm³/mol. The minimum absolute atomic E-state index is 0.0718. The van der Waals surface area contributed by atoms with Gasteiger partial charge in [0.15, 0.2) is 0 Å². The van der Waals surface area contributed by atoms with Crippen molar-refractivity contribution in [3.05, 3.63) is 29.8 Å². The third kappa shape index (κ3) is 3.49. The number of carbonyl (C=O) groups is 1. The van der Waals surface area contributed by atoms with Crippen molar-refractivity contribution in [3.63, 3.8) is 0 Å². The molecule has 1 fully saturated rings. The molecule has 1 aromatic rings. The van der Waals surface area contributed by atoms with E-state index >= 15 is 0 Å². The van der Waals surface area contributed by atoms with Crippen LogP contribution in [0.4, 0.5) is 0 Å². The highest BCUT2D eigenvalue weighted by atomic mass is 16.5. The number of methoxy groups -OCH3 is 2. The molecule has 2 unspecified atom stereocenters. The van der Waals surface area contributed by atoms with Crippen molar-refractivity contribution in [3.8, 4) is 5.75 Å². The Kier molecular flexibility index (Phi) is 4.98. The van der Waals surface area contributed by atoms with Crippen LogP contribution in [-0.4, -0.2) is 49.8 Å². The van der Waals surface area contributed by atoms with Crippen molar-refractivity contribution in [1.82, 2.24) is 4.90 Å². The minimum atomic E-state index is -0.582. The second-order valence-electron chi connectivity index (χ2n) is 5.06. The number of hydrogen-bond acceptors (Lipinski definition) is 5. The lowest BCUT2D eigenvalue weighted by Gasteiger charge is -2.20. The minimum Gasteiger partial charge on any atom is -0.497 e. The quantitative estimate of drug-likeness (QED) is 0.821. The first-order chi connectivity index (χ1) is 9.63. The van der Waals surface area contributed by atoms with E-state index in [0.29, 0.717) is 13.1 Å². The summed E-state index contributed by atoms with van der Waals surface area (Å²) >= 11 is 0. The first-order valence-electron chi connectivity index (χ1n) is 6.76. The maximum atomic E-state index is 11.5. The zero-order valence-corrected chi connectivity index (χ0v) is 11.9. The molecule has 1 aliphatic heterocycles. The van der Waals surface area contributed by atoms with Crippen LogP contribution < -0.4 is 4.74 Å². The summed E-state index contributed by atoms with van der Waals surface area (Å²) < 4.78 is 9.91. The van der Waals surface area contributed by atoms with E-state index in [1.165, 1.54) is 7.11 Å². The van der Waals surface area contributed by atoms with Crippen molar-refractivity contribution in [2.75, 3.05) is 33.9 Å². The van der Waals surface area contributed by atoms with Crippen LogP contribution in [0.3, 0.4) is 0 Å². The monoisotopic (exact) mass is 279 g/mol. The Hall–Kier alpha value is -1.59. The molecule has 1 aliphatic rings. The van der Waals surface area contributed by atoms with Crippen molar-refractivity contribution in [1.29, 1.82) is 0 Å². The number of likely N-dealkylation sites (tertiary alicyclic amines) is 1. The fourth-order valence-corrected chi connectivity index (χ4v) is 2.56. The molecule has 2 atom stereocenters. The highest BCUT2D eigenvalue weighted by Crippen LogP contribution is 2.23. The van der Waals surface area contributed by atoms with Gasteiger partial charge in [0.05, 0.1) is 26.2 Å². The summed E-state index contributed by atoms with van der Waals surface area (Å²) in [7, 11) is 3.02. The SMILES string of the molecule is COC(=O)C1CCN(CC(O)c2cccc(OC)c2)C1. The number of carbonyl (C=O) groups excluding carboxylic acids is 1. The summed E-state index contributed by atoms with van der Waals surface area (Å²) in [5.41, 5.74) is 0.825. The number of ether oxygens (including phenoxy) is 2. The van der Waals surface area contributed by atoms with E-state index in [1.54, 1.807) is 7.11 Å². The van der Waals surface area contributed by atoms with Crippen LogP contribution in [0.2, 0.25) is 0 Å². The van der Waals surface area contributed by atoms with Gasteiger partial charge in [-0.25, -0.2) is 0 Å². The molecule has 2 rings (SSSR count). The number of rotatable bonds is 5. The molecule has 1 saturated heterocycles. The van der Waals surface area contributed by atoms with Crippen LogP contribution in [0.25, 0.3) is 0 Å². The summed E-state index contributed by atoms with van der Waals surface area (Å²) in [6.07, 6.45) is 0.207. The molecule has 20 heavy (non-hydrogen) atoms. The van der Waals surface area contributed by atoms with Gasteiger partial charge >= 0.3 is 5.97 Å². The Morgan fingerprint density at radius 1 is 1.50 bits per heavy atom. The van der Waals surface area contributed by atoms with Crippen LogP contribution in [0, 0.1) is 5.92 Å². The lowest BCUT2D eigenvalue weighted by molar-refractivity contribution is -0.145. The van der Waals surface area contributed by atoms with Crippen LogP contribution >= 0.6 is 0 Å². The maximum absolute atomic E-state index is 11.5. The molecule has 1 N–H and O–H groups in total. The second-order valence-corrected chi connectivity index (χ2v) is 5.06. The molecule has 1 aromatic carbocycles. The number of benzene rings is 1. The van der Waals surface area contributed by atoms with Crippen LogP contribution in [-0.2, 0) is 9.53 Å². The van der Waals surface area contributed by atoms with Crippen LogP contribution in [0.1, 0.15) is 18.1 Å². The molecule has 1 heterocycles. The zero-order chi connectivity index (χ0) is 14.5. The van der Waals surface area contributed by atoms with Crippen molar-refractivity contribution >= 4 is 5.97 Å². The molecule has 0 radical (unpaired) electrons. The van der Waals surface area contributed by atoms with E-state index in [2.05, 4.69) is 4.90 Å². The fourth-order valence-electron chi connectivity index (χ4n) is 2.56. The normalized spacial score (nSPS) is 20.6. The Labute approximate surface area is 119 Å². The Balaban J connectivity index is 1.92. The van der Waals surface area contributed by atoms with Gasteiger partial charge in [0.2, 0.25) is 0 Å². The van der Waals surface area contributed by atoms with E-state index < -0.39 is 6.10 Å². The summed E-state index contributed by atoms with van der Waals surface area (Å²) in [6.45, 7) is 1.97. The van der Waals surface area contributed by atoms with Gasteiger partial charge in [-0.2, -0.15) is 0 Å². The van der Waals surface area contributed by atoms with Gasteiger partial charge in [-0.3, -0.25) is 9.69 Å². The highest BCUT2D eigenvalue weighted by molar-refractivity contribution is 5.72. The first kappa shape index (κ1) is 14.8. The van der Waals surface area contributed by atoms with E-state index in [4.69, 9.17) is 9.47 Å². The Morgan fingerprint density at radius 2 is 2.30 bits per heavy atom. The van der Waals surface area contributed by atoms with Crippen LogP contribution in [0.5, 0.6) is 5.75 Å². The first-order valence-corrected chi connectivity index (χ1v) is 6.76. The number of β-amino-alcohol motifs (C(OH)–C–C–N with tert-alkyl or cyclic N) is 1. The van der Waals surface area contributed by atoms with Gasteiger partial charge < -0.3 is 14.6 Å². The second kappa shape index (κ2) is 6.72. The molecule has 110 valence electrons. The van der Waals surface area contributed by atoms with Crippen molar-refractivity contribution < 1.29 is 19.4 Å². The predicted octanol–water partition coefficient (Wildman–Crippen LogP) is 1.22. The van der Waals surface area contributed by atoms with E-state index in [-0.39, 0.29) is 11.9 Å². The number of esters is 1. The van der Waals surface area contributed by atoms with Gasteiger partial charge in [0.1, 0.15) is 5.75 Å². The van der Waals surface area contributed by atoms with Gasteiger partial charge in [-0.05, 0) is 30.7 Å². The molecule has 5 nitrogen and oxygen atoms in total. The van der Waals surface area contributed by atoms with E-state index in [0.717, 1.165) is 24.3 Å². The average Bonchev–Trinajstić information content (AvgIpc) is 2.95.